The number of imidazole rings is 1. The molecule has 1 radical (unpaired) electrons. The molecule has 6 heteroatoms. The fraction of sp³-hybridized carbons (Fsp3) is 0.138. The van der Waals surface area contributed by atoms with Gasteiger partial charge in [-0.15, -0.1) is 47.3 Å². The molecular formula is C65H51IrN3O2-2. The third kappa shape index (κ3) is 8.02. The summed E-state index contributed by atoms with van der Waals surface area (Å²) in [5.74, 6) is 2.01. The molecule has 4 heterocycles. The van der Waals surface area contributed by atoms with Crippen LogP contribution in [-0.4, -0.2) is 14.5 Å². The van der Waals surface area contributed by atoms with Crippen LogP contribution in [0.2, 0.25) is 0 Å². The van der Waals surface area contributed by atoms with Crippen molar-refractivity contribution in [3.05, 3.63) is 211 Å². The van der Waals surface area contributed by atoms with Gasteiger partial charge in [0, 0.05) is 42.8 Å². The molecule has 0 spiro atoms. The van der Waals surface area contributed by atoms with E-state index >= 15 is 0 Å². The smallest absolute Gasteiger partial charge is 0.139 e. The number of pyridine rings is 1. The number of nitrogens with zero attached hydrogens (tertiary/aromatic N) is 3. The van der Waals surface area contributed by atoms with E-state index < -0.39 is 0 Å². The van der Waals surface area contributed by atoms with Crippen LogP contribution in [0.4, 0.5) is 0 Å². The minimum atomic E-state index is 0. The Morgan fingerprint density at radius 3 is 2.01 bits per heavy atom. The quantitative estimate of drug-likeness (QED) is 0.118. The Morgan fingerprint density at radius 2 is 1.23 bits per heavy atom. The summed E-state index contributed by atoms with van der Waals surface area (Å²) in [6, 6.07) is 68.8. The summed E-state index contributed by atoms with van der Waals surface area (Å²) in [5, 5.41) is 9.14. The van der Waals surface area contributed by atoms with E-state index in [2.05, 4.69) is 209 Å². The van der Waals surface area contributed by atoms with Gasteiger partial charge in [0.1, 0.15) is 16.7 Å². The summed E-state index contributed by atoms with van der Waals surface area (Å²) in [7, 11) is 0. The molecule has 0 aliphatic heterocycles. The number of rotatable bonds is 7. The van der Waals surface area contributed by atoms with Crippen LogP contribution in [0.15, 0.2) is 191 Å². The fourth-order valence-electron chi connectivity index (χ4n) is 10.3. The van der Waals surface area contributed by atoms with Gasteiger partial charge in [-0.2, -0.15) is 0 Å². The predicted molar refractivity (Wildman–Crippen MR) is 291 cm³/mol. The van der Waals surface area contributed by atoms with Crippen molar-refractivity contribution in [3.63, 3.8) is 0 Å². The molecule has 13 aromatic rings. The number of hydrogen-bond donors (Lipinski definition) is 0. The van der Waals surface area contributed by atoms with Crippen molar-refractivity contribution >= 4 is 76.5 Å². The summed E-state index contributed by atoms with van der Waals surface area (Å²) in [6.07, 6.45) is 1.86. The molecular weight excluding hydrogens is 1050 g/mol. The zero-order valence-corrected chi connectivity index (χ0v) is 42.9. The molecule has 0 saturated heterocycles. The van der Waals surface area contributed by atoms with Crippen molar-refractivity contribution in [1.29, 1.82) is 0 Å². The van der Waals surface area contributed by atoms with Crippen molar-refractivity contribution < 1.29 is 28.9 Å². The average molecular weight is 1100 g/mol. The Labute approximate surface area is 427 Å². The van der Waals surface area contributed by atoms with Crippen molar-refractivity contribution in [3.8, 4) is 39.5 Å². The second-order valence-corrected chi connectivity index (χ2v) is 19.3. The largest absolute Gasteiger partial charge is 0.500 e. The number of para-hydroxylation sites is 3. The Bertz CT molecular complexity index is 4090. The first-order chi connectivity index (χ1) is 34.2. The molecule has 9 aromatic carbocycles. The molecule has 0 aliphatic rings. The Morgan fingerprint density at radius 1 is 0.521 bits per heavy atom. The maximum atomic E-state index is 6.49. The van der Waals surface area contributed by atoms with Crippen LogP contribution in [0, 0.1) is 12.1 Å². The first kappa shape index (κ1) is 45.8. The van der Waals surface area contributed by atoms with Crippen molar-refractivity contribution in [2.24, 2.45) is 0 Å². The van der Waals surface area contributed by atoms with Crippen molar-refractivity contribution in [2.75, 3.05) is 0 Å². The Kier molecular flexibility index (Phi) is 12.0. The minimum Gasteiger partial charge on any atom is -0.500 e. The van der Waals surface area contributed by atoms with Gasteiger partial charge in [-0.05, 0) is 99.6 Å². The maximum absolute atomic E-state index is 6.49. The summed E-state index contributed by atoms with van der Waals surface area (Å²) < 4.78 is 14.9. The molecule has 0 aliphatic carbocycles. The molecule has 0 atom stereocenters. The normalized spacial score (nSPS) is 11.8. The summed E-state index contributed by atoms with van der Waals surface area (Å²) in [4.78, 5) is 9.85. The standard InChI is InChI=1S/C39H33N2.C26H18NO2.Ir/c1-25(2)34-23-31(27-12-6-5-7-13-27)24-35(26(3)4)38(34)41-37-17-11-10-16-36(37)40-39(41)30-20-21-33-29(22-30)19-18-28-14-8-9-15-32(28)33;1-15(2)16-12-13-27-21(14-16)19-8-5-7-17-18-10-11-23-24(26(18)29-25(17)19)20-6-3-4-9-22(20)28-23;/h5-19,21-26H,1-4H3;3-7,9-15H,1-2H3;/q2*-1;. The molecule has 0 amide bonds. The van der Waals surface area contributed by atoms with E-state index in [0.29, 0.717) is 17.8 Å². The van der Waals surface area contributed by atoms with Gasteiger partial charge in [0.2, 0.25) is 0 Å². The number of benzene rings is 9. The van der Waals surface area contributed by atoms with Gasteiger partial charge < -0.3 is 18.4 Å². The predicted octanol–water partition coefficient (Wildman–Crippen LogP) is 18.2. The third-order valence-electron chi connectivity index (χ3n) is 13.9. The zero-order valence-electron chi connectivity index (χ0n) is 40.5. The second-order valence-electron chi connectivity index (χ2n) is 19.3. The van der Waals surface area contributed by atoms with E-state index in [9.17, 15) is 0 Å². The van der Waals surface area contributed by atoms with E-state index in [-0.39, 0.29) is 20.1 Å². The average Bonchev–Trinajstić information content (AvgIpc) is 4.10. The third-order valence-corrected chi connectivity index (χ3v) is 13.9. The molecule has 4 aromatic heterocycles. The van der Waals surface area contributed by atoms with E-state index in [0.717, 1.165) is 77.6 Å². The second kappa shape index (κ2) is 18.6. The molecule has 0 saturated carbocycles. The molecule has 0 bridgehead atoms. The topological polar surface area (TPSA) is 57.0 Å². The van der Waals surface area contributed by atoms with Gasteiger partial charge in [-0.25, -0.2) is 0 Å². The molecule has 5 nitrogen and oxygen atoms in total. The van der Waals surface area contributed by atoms with Crippen LogP contribution in [0.25, 0.3) is 116 Å². The Balaban J connectivity index is 0.000000160. The van der Waals surface area contributed by atoms with Gasteiger partial charge in [0.15, 0.2) is 0 Å². The van der Waals surface area contributed by atoms with E-state index in [4.69, 9.17) is 13.8 Å². The van der Waals surface area contributed by atoms with E-state index in [1.54, 1.807) is 0 Å². The first-order valence-electron chi connectivity index (χ1n) is 24.4. The first-order valence-corrected chi connectivity index (χ1v) is 24.4. The minimum absolute atomic E-state index is 0. The number of fused-ring (bicyclic) bond motifs is 11. The van der Waals surface area contributed by atoms with E-state index in [1.165, 1.54) is 55.0 Å². The molecule has 0 fully saturated rings. The van der Waals surface area contributed by atoms with Crippen LogP contribution >= 0.6 is 0 Å². The van der Waals surface area contributed by atoms with Crippen molar-refractivity contribution in [2.45, 2.75) is 59.3 Å². The van der Waals surface area contributed by atoms with Crippen LogP contribution in [-0.2, 0) is 20.1 Å². The number of aromatic nitrogens is 3. The van der Waals surface area contributed by atoms with Crippen LogP contribution in [0.1, 0.15) is 76.0 Å². The summed E-state index contributed by atoms with van der Waals surface area (Å²) in [5.41, 5.74) is 15.9. The summed E-state index contributed by atoms with van der Waals surface area (Å²) in [6.45, 7) is 13.6. The summed E-state index contributed by atoms with van der Waals surface area (Å²) >= 11 is 0. The van der Waals surface area contributed by atoms with Gasteiger partial charge in [0.05, 0.1) is 27.8 Å². The molecule has 349 valence electrons. The number of furan rings is 2. The molecule has 0 N–H and O–H groups in total. The zero-order chi connectivity index (χ0) is 47.6. The molecule has 0 unspecified atom stereocenters. The number of hydrogen-bond acceptors (Lipinski definition) is 4. The van der Waals surface area contributed by atoms with Gasteiger partial charge in [-0.1, -0.05) is 172 Å². The molecule has 71 heavy (non-hydrogen) atoms. The van der Waals surface area contributed by atoms with Crippen LogP contribution in [0.3, 0.4) is 0 Å². The maximum Gasteiger partial charge on any atom is 0.139 e. The van der Waals surface area contributed by atoms with Gasteiger partial charge in [0.25, 0.3) is 0 Å². The van der Waals surface area contributed by atoms with Crippen molar-refractivity contribution in [1.82, 2.24) is 14.5 Å². The monoisotopic (exact) mass is 1100 g/mol. The SMILES string of the molecule is CC(C)c1cc(-c2ccccc2)cc(C(C)C)c1-n1c(-c2[c-]cc3c(ccc4ccccc43)c2)nc2ccccc21.CC(C)c1ccnc(-c2[c-]ccc3c2oc2c3ccc3oc4ccccc4c32)c1.[Ir]. The van der Waals surface area contributed by atoms with Crippen LogP contribution in [0.5, 0.6) is 0 Å². The van der Waals surface area contributed by atoms with Crippen LogP contribution < -0.4 is 0 Å². The Hall–Kier alpha value is -7.63. The van der Waals surface area contributed by atoms with Gasteiger partial charge in [-0.3, -0.25) is 4.98 Å². The molecule has 13 rings (SSSR count). The van der Waals surface area contributed by atoms with Gasteiger partial charge >= 0.3 is 0 Å². The van der Waals surface area contributed by atoms with E-state index in [1.807, 2.05) is 36.5 Å². The fourth-order valence-corrected chi connectivity index (χ4v) is 10.3.